The average molecular weight is 282 g/mol. The van der Waals surface area contributed by atoms with Crippen molar-refractivity contribution in [1.82, 2.24) is 10.3 Å². The molecule has 0 aromatic carbocycles. The second-order valence-corrected chi connectivity index (χ2v) is 6.48. The molecule has 0 spiro atoms. The minimum absolute atomic E-state index is 0.0905. The SMILES string of the molecule is CCCNC(CC)(COC)c1nc2c(s1)CCCC2. The lowest BCUT2D eigenvalue weighted by atomic mass is 9.97. The number of methoxy groups -OCH3 is 1. The number of aryl methyl sites for hydroxylation is 2. The number of rotatable bonds is 7. The topological polar surface area (TPSA) is 34.1 Å². The minimum atomic E-state index is -0.0905. The van der Waals surface area contributed by atoms with Gasteiger partial charge in [-0.2, -0.15) is 0 Å². The first kappa shape index (κ1) is 14.9. The van der Waals surface area contributed by atoms with Gasteiger partial charge in [0.05, 0.1) is 17.8 Å². The molecule has 3 nitrogen and oxygen atoms in total. The predicted molar refractivity (Wildman–Crippen MR) is 80.9 cm³/mol. The molecule has 0 aliphatic heterocycles. The third-order valence-electron chi connectivity index (χ3n) is 3.96. The van der Waals surface area contributed by atoms with E-state index in [0.717, 1.165) is 25.8 Å². The van der Waals surface area contributed by atoms with Gasteiger partial charge < -0.3 is 10.1 Å². The number of hydrogen-bond donors (Lipinski definition) is 1. The summed E-state index contributed by atoms with van der Waals surface area (Å²) in [4.78, 5) is 6.45. The van der Waals surface area contributed by atoms with Gasteiger partial charge in [-0.15, -0.1) is 11.3 Å². The van der Waals surface area contributed by atoms with Crippen molar-refractivity contribution in [1.29, 1.82) is 0 Å². The molecule has 2 rings (SSSR count). The molecule has 1 aromatic rings. The quantitative estimate of drug-likeness (QED) is 0.833. The third kappa shape index (κ3) is 3.18. The maximum atomic E-state index is 5.49. The van der Waals surface area contributed by atoms with Gasteiger partial charge in [-0.3, -0.25) is 0 Å². The Hall–Kier alpha value is -0.450. The molecule has 0 fully saturated rings. The van der Waals surface area contributed by atoms with Crippen LogP contribution in [0.25, 0.3) is 0 Å². The zero-order valence-electron chi connectivity index (χ0n) is 12.4. The maximum absolute atomic E-state index is 5.49. The monoisotopic (exact) mass is 282 g/mol. The van der Waals surface area contributed by atoms with Gasteiger partial charge in [0.25, 0.3) is 0 Å². The summed E-state index contributed by atoms with van der Waals surface area (Å²) in [6.07, 6.45) is 7.14. The highest BCUT2D eigenvalue weighted by molar-refractivity contribution is 7.11. The first-order valence-electron chi connectivity index (χ1n) is 7.48. The van der Waals surface area contributed by atoms with Crippen LogP contribution in [0, 0.1) is 0 Å². The van der Waals surface area contributed by atoms with E-state index in [9.17, 15) is 0 Å². The lowest BCUT2D eigenvalue weighted by molar-refractivity contribution is 0.104. The van der Waals surface area contributed by atoms with Crippen molar-refractivity contribution in [2.45, 2.75) is 57.9 Å². The Kier molecular flexibility index (Phi) is 5.37. The molecule has 1 heterocycles. The molecule has 0 amide bonds. The number of nitrogens with zero attached hydrogens (tertiary/aromatic N) is 1. The van der Waals surface area contributed by atoms with Crippen molar-refractivity contribution in [3.63, 3.8) is 0 Å². The van der Waals surface area contributed by atoms with Crippen LogP contribution in [0.5, 0.6) is 0 Å². The summed E-state index contributed by atoms with van der Waals surface area (Å²) < 4.78 is 5.49. The van der Waals surface area contributed by atoms with E-state index in [0.29, 0.717) is 6.61 Å². The number of thiazole rings is 1. The lowest BCUT2D eigenvalue weighted by Crippen LogP contribution is -2.46. The van der Waals surface area contributed by atoms with Crippen LogP contribution < -0.4 is 5.32 Å². The van der Waals surface area contributed by atoms with Crippen LogP contribution in [-0.4, -0.2) is 25.2 Å². The van der Waals surface area contributed by atoms with Crippen molar-refractivity contribution in [3.8, 4) is 0 Å². The fourth-order valence-corrected chi connectivity index (χ4v) is 4.11. The van der Waals surface area contributed by atoms with Gasteiger partial charge in [0, 0.05) is 12.0 Å². The number of hydrogen-bond acceptors (Lipinski definition) is 4. The van der Waals surface area contributed by atoms with Crippen LogP contribution in [-0.2, 0) is 23.1 Å². The summed E-state index contributed by atoms with van der Waals surface area (Å²) >= 11 is 1.90. The molecule has 1 N–H and O–H groups in total. The van der Waals surface area contributed by atoms with Crippen molar-refractivity contribution < 1.29 is 4.74 Å². The molecule has 4 heteroatoms. The van der Waals surface area contributed by atoms with Gasteiger partial charge in [0.15, 0.2) is 0 Å². The highest BCUT2D eigenvalue weighted by Gasteiger charge is 2.34. The molecular formula is C15H26N2OS. The van der Waals surface area contributed by atoms with Gasteiger partial charge in [-0.25, -0.2) is 4.98 Å². The summed E-state index contributed by atoms with van der Waals surface area (Å²) in [7, 11) is 1.78. The normalized spacial score (nSPS) is 18.1. The standard InChI is InChI=1S/C15H26N2OS/c1-4-10-16-15(5-2,11-18-3)14-17-12-8-6-7-9-13(12)19-14/h16H,4-11H2,1-3H3. The largest absolute Gasteiger partial charge is 0.382 e. The van der Waals surface area contributed by atoms with Crippen molar-refractivity contribution in [2.75, 3.05) is 20.3 Å². The molecule has 0 saturated carbocycles. The highest BCUT2D eigenvalue weighted by atomic mass is 32.1. The molecule has 19 heavy (non-hydrogen) atoms. The Morgan fingerprint density at radius 1 is 1.32 bits per heavy atom. The summed E-state index contributed by atoms with van der Waals surface area (Å²) in [6, 6.07) is 0. The predicted octanol–water partition coefficient (Wildman–Crippen LogP) is 3.27. The first-order chi connectivity index (χ1) is 9.25. The molecule has 108 valence electrons. The Balaban J connectivity index is 2.27. The van der Waals surface area contributed by atoms with E-state index in [4.69, 9.17) is 9.72 Å². The summed E-state index contributed by atoms with van der Waals surface area (Å²) in [6.45, 7) is 6.15. The fourth-order valence-electron chi connectivity index (χ4n) is 2.73. The van der Waals surface area contributed by atoms with E-state index in [1.807, 2.05) is 11.3 Å². The molecule has 0 bridgehead atoms. The van der Waals surface area contributed by atoms with E-state index in [1.54, 1.807) is 7.11 Å². The Morgan fingerprint density at radius 2 is 2.11 bits per heavy atom. The van der Waals surface area contributed by atoms with Crippen LogP contribution in [0.2, 0.25) is 0 Å². The molecule has 0 radical (unpaired) electrons. The summed E-state index contributed by atoms with van der Waals surface area (Å²) in [5.41, 5.74) is 1.26. The Bertz CT molecular complexity index is 381. The number of nitrogens with one attached hydrogen (secondary N) is 1. The zero-order chi connectivity index (χ0) is 13.7. The summed E-state index contributed by atoms with van der Waals surface area (Å²) in [5, 5.41) is 4.92. The molecular weight excluding hydrogens is 256 g/mol. The van der Waals surface area contributed by atoms with Crippen LogP contribution >= 0.6 is 11.3 Å². The van der Waals surface area contributed by atoms with E-state index < -0.39 is 0 Å². The van der Waals surface area contributed by atoms with Crippen molar-refractivity contribution >= 4 is 11.3 Å². The van der Waals surface area contributed by atoms with E-state index in [2.05, 4.69) is 19.2 Å². The number of aromatic nitrogens is 1. The minimum Gasteiger partial charge on any atom is -0.382 e. The summed E-state index contributed by atoms with van der Waals surface area (Å²) in [5.74, 6) is 0. The molecule has 1 aromatic heterocycles. The van der Waals surface area contributed by atoms with E-state index in [1.165, 1.54) is 34.8 Å². The lowest BCUT2D eigenvalue weighted by Gasteiger charge is -2.31. The maximum Gasteiger partial charge on any atom is 0.116 e. The van der Waals surface area contributed by atoms with Gasteiger partial charge in [0.2, 0.25) is 0 Å². The van der Waals surface area contributed by atoms with Gasteiger partial charge in [0.1, 0.15) is 5.01 Å². The zero-order valence-corrected chi connectivity index (χ0v) is 13.2. The van der Waals surface area contributed by atoms with Crippen molar-refractivity contribution in [3.05, 3.63) is 15.6 Å². The van der Waals surface area contributed by atoms with Gasteiger partial charge in [-0.1, -0.05) is 13.8 Å². The number of fused-ring (bicyclic) bond motifs is 1. The smallest absolute Gasteiger partial charge is 0.116 e. The second kappa shape index (κ2) is 6.82. The van der Waals surface area contributed by atoms with Crippen molar-refractivity contribution in [2.24, 2.45) is 0 Å². The van der Waals surface area contributed by atoms with Gasteiger partial charge >= 0.3 is 0 Å². The number of ether oxygens (including phenoxy) is 1. The van der Waals surface area contributed by atoms with E-state index in [-0.39, 0.29) is 5.54 Å². The molecule has 0 saturated heterocycles. The highest BCUT2D eigenvalue weighted by Crippen LogP contribution is 2.34. The Morgan fingerprint density at radius 3 is 2.74 bits per heavy atom. The van der Waals surface area contributed by atoms with Crippen LogP contribution in [0.3, 0.4) is 0 Å². The van der Waals surface area contributed by atoms with Crippen LogP contribution in [0.4, 0.5) is 0 Å². The molecule has 1 aliphatic carbocycles. The first-order valence-corrected chi connectivity index (χ1v) is 8.30. The van der Waals surface area contributed by atoms with E-state index >= 15 is 0 Å². The Labute approximate surface area is 120 Å². The second-order valence-electron chi connectivity index (χ2n) is 5.39. The average Bonchev–Trinajstić information content (AvgIpc) is 2.88. The van der Waals surface area contributed by atoms with Gasteiger partial charge in [-0.05, 0) is 45.1 Å². The molecule has 1 atom stereocenters. The van der Waals surface area contributed by atoms with Crippen LogP contribution in [0.1, 0.15) is 55.1 Å². The molecule has 1 unspecified atom stereocenters. The fraction of sp³-hybridized carbons (Fsp3) is 0.800. The third-order valence-corrected chi connectivity index (χ3v) is 5.32. The van der Waals surface area contributed by atoms with Crippen LogP contribution in [0.15, 0.2) is 0 Å². The molecule has 1 aliphatic rings.